The molecule has 1 amide bonds. The topological polar surface area (TPSA) is 64.8 Å². The molecule has 0 aromatic heterocycles. The van der Waals surface area contributed by atoms with Crippen LogP contribution in [0.1, 0.15) is 32.6 Å². The lowest BCUT2D eigenvalue weighted by Gasteiger charge is -2.40. The Kier molecular flexibility index (Phi) is 6.05. The molecule has 0 spiro atoms. The molecule has 0 aliphatic heterocycles. The third-order valence-corrected chi connectivity index (χ3v) is 3.65. The van der Waals surface area contributed by atoms with Crippen molar-refractivity contribution in [2.24, 2.45) is 5.73 Å². The van der Waals surface area contributed by atoms with Crippen molar-refractivity contribution in [3.63, 3.8) is 0 Å². The second-order valence-electron chi connectivity index (χ2n) is 5.28. The molecule has 1 aliphatic carbocycles. The van der Waals surface area contributed by atoms with Gasteiger partial charge >= 0.3 is 0 Å². The minimum atomic E-state index is -0.269. The molecule has 1 rings (SSSR count). The van der Waals surface area contributed by atoms with Gasteiger partial charge in [-0.05, 0) is 26.2 Å². The minimum Gasteiger partial charge on any atom is -0.383 e. The van der Waals surface area contributed by atoms with Crippen LogP contribution in [0.25, 0.3) is 0 Å². The van der Waals surface area contributed by atoms with Gasteiger partial charge in [-0.15, -0.1) is 0 Å². The number of hydrogen-bond acceptors (Lipinski definition) is 4. The highest BCUT2D eigenvalue weighted by Crippen LogP contribution is 2.32. The molecule has 0 bridgehead atoms. The zero-order chi connectivity index (χ0) is 13.6. The molecule has 1 unspecified atom stereocenters. The number of carbonyl (C=O) groups is 1. The summed E-state index contributed by atoms with van der Waals surface area (Å²) in [6.07, 6.45) is 3.48. The number of methoxy groups -OCH3 is 2. The normalized spacial score (nSPS) is 19.1. The van der Waals surface area contributed by atoms with Crippen LogP contribution in [-0.2, 0) is 14.3 Å². The van der Waals surface area contributed by atoms with E-state index in [0.29, 0.717) is 26.2 Å². The summed E-state index contributed by atoms with van der Waals surface area (Å²) in [6.45, 7) is 3.65. The van der Waals surface area contributed by atoms with Crippen LogP contribution in [0.3, 0.4) is 0 Å². The van der Waals surface area contributed by atoms with Crippen molar-refractivity contribution < 1.29 is 14.3 Å². The van der Waals surface area contributed by atoms with Gasteiger partial charge < -0.3 is 20.1 Å². The molecule has 0 aromatic rings. The third kappa shape index (κ3) is 4.23. The number of hydrogen-bond donors (Lipinski definition) is 1. The van der Waals surface area contributed by atoms with Gasteiger partial charge in [0, 0.05) is 32.7 Å². The van der Waals surface area contributed by atoms with Crippen molar-refractivity contribution in [1.29, 1.82) is 0 Å². The molecule has 1 atom stereocenters. The first-order valence-corrected chi connectivity index (χ1v) is 6.58. The number of carbonyl (C=O) groups excluding carboxylic acids is 1. The van der Waals surface area contributed by atoms with Crippen LogP contribution >= 0.6 is 0 Å². The highest BCUT2D eigenvalue weighted by molar-refractivity contribution is 5.78. The van der Waals surface area contributed by atoms with Crippen LogP contribution in [0.4, 0.5) is 0 Å². The van der Waals surface area contributed by atoms with Gasteiger partial charge in [0.1, 0.15) is 0 Å². The molecule has 2 N–H and O–H groups in total. The van der Waals surface area contributed by atoms with Crippen molar-refractivity contribution >= 4 is 5.91 Å². The second kappa shape index (κ2) is 7.07. The molecule has 0 saturated heterocycles. The van der Waals surface area contributed by atoms with Gasteiger partial charge in [0.25, 0.3) is 0 Å². The van der Waals surface area contributed by atoms with Gasteiger partial charge in [-0.1, -0.05) is 0 Å². The van der Waals surface area contributed by atoms with Gasteiger partial charge in [-0.2, -0.15) is 0 Å². The van der Waals surface area contributed by atoms with Gasteiger partial charge in [-0.25, -0.2) is 0 Å². The van der Waals surface area contributed by atoms with Crippen molar-refractivity contribution in [1.82, 2.24) is 4.90 Å². The maximum Gasteiger partial charge on any atom is 0.224 e. The van der Waals surface area contributed by atoms with Crippen LogP contribution in [0.2, 0.25) is 0 Å². The summed E-state index contributed by atoms with van der Waals surface area (Å²) in [5.74, 6) is 0.110. The zero-order valence-electron chi connectivity index (χ0n) is 11.8. The van der Waals surface area contributed by atoms with E-state index in [1.165, 1.54) is 0 Å². The standard InChI is InChI=1S/C13H26N2O3/c1-11(10-18-3)15(7-8-17-2)12(16)9-13(14)5-4-6-13/h11H,4-10,14H2,1-3H3. The maximum absolute atomic E-state index is 12.3. The maximum atomic E-state index is 12.3. The van der Waals surface area contributed by atoms with E-state index in [4.69, 9.17) is 15.2 Å². The zero-order valence-corrected chi connectivity index (χ0v) is 11.8. The van der Waals surface area contributed by atoms with E-state index in [0.717, 1.165) is 19.3 Å². The van der Waals surface area contributed by atoms with E-state index in [-0.39, 0.29) is 17.5 Å². The Labute approximate surface area is 110 Å². The SMILES string of the molecule is COCCN(C(=O)CC1(N)CCC1)C(C)COC. The molecule has 106 valence electrons. The van der Waals surface area contributed by atoms with Gasteiger partial charge in [0.05, 0.1) is 19.3 Å². The Morgan fingerprint density at radius 3 is 2.50 bits per heavy atom. The lowest BCUT2D eigenvalue weighted by atomic mass is 9.75. The van der Waals surface area contributed by atoms with Crippen LogP contribution in [0.5, 0.6) is 0 Å². The van der Waals surface area contributed by atoms with E-state index in [1.807, 2.05) is 11.8 Å². The minimum absolute atomic E-state index is 0.0568. The smallest absolute Gasteiger partial charge is 0.224 e. The van der Waals surface area contributed by atoms with Gasteiger partial charge in [-0.3, -0.25) is 4.79 Å². The fourth-order valence-electron chi connectivity index (χ4n) is 2.32. The quantitative estimate of drug-likeness (QED) is 0.698. The summed E-state index contributed by atoms with van der Waals surface area (Å²) < 4.78 is 10.2. The summed E-state index contributed by atoms with van der Waals surface area (Å²) in [4.78, 5) is 14.1. The van der Waals surface area contributed by atoms with Crippen LogP contribution in [0.15, 0.2) is 0 Å². The molecule has 1 fully saturated rings. The summed E-state index contributed by atoms with van der Waals surface area (Å²) in [5.41, 5.74) is 5.87. The predicted molar refractivity (Wildman–Crippen MR) is 70.3 cm³/mol. The first kappa shape index (κ1) is 15.4. The van der Waals surface area contributed by atoms with E-state index in [2.05, 4.69) is 0 Å². The molecule has 0 radical (unpaired) electrons. The molecule has 1 aliphatic rings. The summed E-state index contributed by atoms with van der Waals surface area (Å²) >= 11 is 0. The van der Waals surface area contributed by atoms with Crippen LogP contribution in [0, 0.1) is 0 Å². The largest absolute Gasteiger partial charge is 0.383 e. The third-order valence-electron chi connectivity index (χ3n) is 3.65. The molecule has 5 heteroatoms. The van der Waals surface area contributed by atoms with E-state index < -0.39 is 0 Å². The van der Waals surface area contributed by atoms with E-state index >= 15 is 0 Å². The number of rotatable bonds is 8. The number of amides is 1. The van der Waals surface area contributed by atoms with Crippen molar-refractivity contribution in [2.75, 3.05) is 34.0 Å². The predicted octanol–water partition coefficient (Wildman–Crippen LogP) is 0.768. The monoisotopic (exact) mass is 258 g/mol. The van der Waals surface area contributed by atoms with Gasteiger partial charge in [0.2, 0.25) is 5.91 Å². The Morgan fingerprint density at radius 2 is 2.06 bits per heavy atom. The Morgan fingerprint density at radius 1 is 1.39 bits per heavy atom. The molecule has 5 nitrogen and oxygen atoms in total. The van der Waals surface area contributed by atoms with Crippen LogP contribution in [-0.4, -0.2) is 56.4 Å². The Bertz CT molecular complexity index is 267. The lowest BCUT2D eigenvalue weighted by Crippen LogP contribution is -2.52. The van der Waals surface area contributed by atoms with Crippen molar-refractivity contribution in [3.05, 3.63) is 0 Å². The number of nitrogens with two attached hydrogens (primary N) is 1. The number of ether oxygens (including phenoxy) is 2. The summed E-state index contributed by atoms with van der Waals surface area (Å²) in [7, 11) is 3.28. The van der Waals surface area contributed by atoms with Crippen molar-refractivity contribution in [2.45, 2.75) is 44.2 Å². The first-order valence-electron chi connectivity index (χ1n) is 6.58. The van der Waals surface area contributed by atoms with E-state index in [9.17, 15) is 4.79 Å². The fourth-order valence-corrected chi connectivity index (χ4v) is 2.32. The average molecular weight is 258 g/mol. The van der Waals surface area contributed by atoms with Gasteiger partial charge in [0.15, 0.2) is 0 Å². The average Bonchev–Trinajstić information content (AvgIpc) is 2.27. The fraction of sp³-hybridized carbons (Fsp3) is 0.923. The summed E-state index contributed by atoms with van der Waals surface area (Å²) in [5, 5.41) is 0. The molecule has 0 heterocycles. The summed E-state index contributed by atoms with van der Waals surface area (Å²) in [6, 6.07) is 0.0568. The molecule has 18 heavy (non-hydrogen) atoms. The number of nitrogens with zero attached hydrogens (tertiary/aromatic N) is 1. The van der Waals surface area contributed by atoms with Crippen LogP contribution < -0.4 is 5.73 Å². The molecular weight excluding hydrogens is 232 g/mol. The Hall–Kier alpha value is -0.650. The highest BCUT2D eigenvalue weighted by atomic mass is 16.5. The molecular formula is C13H26N2O3. The highest BCUT2D eigenvalue weighted by Gasteiger charge is 2.36. The second-order valence-corrected chi connectivity index (χ2v) is 5.28. The first-order chi connectivity index (χ1) is 8.52. The lowest BCUT2D eigenvalue weighted by molar-refractivity contribution is -0.137. The molecule has 1 saturated carbocycles. The van der Waals surface area contributed by atoms with Crippen molar-refractivity contribution in [3.8, 4) is 0 Å². The Balaban J connectivity index is 2.53. The molecule has 0 aromatic carbocycles. The van der Waals surface area contributed by atoms with E-state index in [1.54, 1.807) is 14.2 Å².